The zero-order valence-electron chi connectivity index (χ0n) is 26.7. The van der Waals surface area contributed by atoms with E-state index in [-0.39, 0.29) is 0 Å². The van der Waals surface area contributed by atoms with Gasteiger partial charge in [-0.25, -0.2) is 0 Å². The molecule has 0 saturated heterocycles. The number of allylic oxidation sites excluding steroid dienone is 6. The van der Waals surface area contributed by atoms with Crippen LogP contribution in [-0.2, 0) is 12.8 Å². The summed E-state index contributed by atoms with van der Waals surface area (Å²) >= 11 is 0. The number of benzene rings is 5. The van der Waals surface area contributed by atoms with Crippen LogP contribution in [0.3, 0.4) is 0 Å². The van der Waals surface area contributed by atoms with Crippen molar-refractivity contribution in [1.29, 1.82) is 0 Å². The molecule has 230 valence electrons. The van der Waals surface area contributed by atoms with E-state index in [2.05, 4.69) is 169 Å². The summed E-state index contributed by atoms with van der Waals surface area (Å²) < 4.78 is 0. The Morgan fingerprint density at radius 2 is 0.783 bits per heavy atom. The van der Waals surface area contributed by atoms with E-state index in [1.165, 1.54) is 11.1 Å². The maximum Gasteiger partial charge on any atom is 0.0464 e. The van der Waals surface area contributed by atoms with Gasteiger partial charge in [0.15, 0.2) is 0 Å². The van der Waals surface area contributed by atoms with Crippen molar-refractivity contribution in [2.24, 2.45) is 0 Å². The first-order valence-corrected chi connectivity index (χ1v) is 16.3. The Kier molecular flexibility index (Phi) is 12.0. The van der Waals surface area contributed by atoms with Gasteiger partial charge >= 0.3 is 0 Å². The van der Waals surface area contributed by atoms with Gasteiger partial charge in [-0.15, -0.1) is 0 Å². The number of nitrogens with zero attached hydrogens (tertiary/aromatic N) is 2. The van der Waals surface area contributed by atoms with E-state index in [0.717, 1.165) is 72.6 Å². The van der Waals surface area contributed by atoms with Gasteiger partial charge in [-0.05, 0) is 122 Å². The summed E-state index contributed by atoms with van der Waals surface area (Å²) in [6, 6.07) is 48.1. The lowest BCUT2D eigenvalue weighted by Gasteiger charge is -2.28. The standard InChI is InChI=1S/C44H44N2/c1-3-5-7-9-13-21-37-23-19-29-43(35-37)45(39-25-15-11-16-26-39)41-31-33-42(34-32-41)46(40-27-17-12-18-28-40)44-30-20-24-38(36-44)22-14-10-8-6-4-2/h3-8,11-12,15-20,23-36H,1-2,9-10,13-14,21-22H2. The van der Waals surface area contributed by atoms with Crippen LogP contribution in [0.2, 0.25) is 0 Å². The number of hydrogen-bond donors (Lipinski definition) is 0. The molecule has 0 aromatic heterocycles. The van der Waals surface area contributed by atoms with Gasteiger partial charge in [0, 0.05) is 34.1 Å². The van der Waals surface area contributed by atoms with Gasteiger partial charge in [0.05, 0.1) is 0 Å². The molecule has 0 aliphatic rings. The van der Waals surface area contributed by atoms with E-state index in [9.17, 15) is 0 Å². The van der Waals surface area contributed by atoms with Crippen LogP contribution in [0.25, 0.3) is 0 Å². The van der Waals surface area contributed by atoms with Crippen molar-refractivity contribution in [3.8, 4) is 0 Å². The van der Waals surface area contributed by atoms with Crippen molar-refractivity contribution in [1.82, 2.24) is 0 Å². The van der Waals surface area contributed by atoms with Gasteiger partial charge in [0.2, 0.25) is 0 Å². The average molecular weight is 601 g/mol. The largest absolute Gasteiger partial charge is 0.310 e. The lowest BCUT2D eigenvalue weighted by molar-refractivity contribution is 0.843. The lowest BCUT2D eigenvalue weighted by Crippen LogP contribution is -2.12. The predicted molar refractivity (Wildman–Crippen MR) is 200 cm³/mol. The highest BCUT2D eigenvalue weighted by Gasteiger charge is 2.16. The first-order valence-electron chi connectivity index (χ1n) is 16.3. The normalized spacial score (nSPS) is 11.1. The third kappa shape index (κ3) is 8.86. The Labute approximate surface area is 276 Å². The molecule has 0 N–H and O–H groups in total. The summed E-state index contributed by atoms with van der Waals surface area (Å²) in [4.78, 5) is 4.69. The van der Waals surface area contributed by atoms with E-state index < -0.39 is 0 Å². The minimum Gasteiger partial charge on any atom is -0.310 e. The molecule has 0 bridgehead atoms. The molecule has 0 aliphatic heterocycles. The second-order valence-electron chi connectivity index (χ2n) is 11.3. The molecule has 46 heavy (non-hydrogen) atoms. The molecule has 0 spiro atoms. The smallest absolute Gasteiger partial charge is 0.0464 e. The number of hydrogen-bond acceptors (Lipinski definition) is 2. The van der Waals surface area contributed by atoms with E-state index in [1.54, 1.807) is 0 Å². The van der Waals surface area contributed by atoms with Gasteiger partial charge in [-0.3, -0.25) is 0 Å². The van der Waals surface area contributed by atoms with Crippen LogP contribution >= 0.6 is 0 Å². The van der Waals surface area contributed by atoms with E-state index in [4.69, 9.17) is 0 Å². The SMILES string of the molecule is C=CC=CCCCc1cccc(N(c2ccccc2)c2ccc(N(c3ccccc3)c3cccc(CCCC=CC=C)c3)cc2)c1. The van der Waals surface area contributed by atoms with Gasteiger partial charge in [0.1, 0.15) is 0 Å². The molecule has 5 aromatic rings. The molecule has 0 amide bonds. The van der Waals surface area contributed by atoms with Crippen LogP contribution in [-0.4, -0.2) is 0 Å². The monoisotopic (exact) mass is 600 g/mol. The quantitative estimate of drug-likeness (QED) is 0.0821. The van der Waals surface area contributed by atoms with Crippen LogP contribution in [0.5, 0.6) is 0 Å². The fourth-order valence-electron chi connectivity index (χ4n) is 5.73. The fraction of sp³-hybridized carbons (Fsp3) is 0.136. The summed E-state index contributed by atoms with van der Waals surface area (Å²) in [5.41, 5.74) is 9.52. The van der Waals surface area contributed by atoms with Crippen molar-refractivity contribution < 1.29 is 0 Å². The van der Waals surface area contributed by atoms with Crippen molar-refractivity contribution in [2.45, 2.75) is 38.5 Å². The van der Waals surface area contributed by atoms with Crippen LogP contribution in [0, 0.1) is 0 Å². The predicted octanol–water partition coefficient (Wildman–Crippen LogP) is 12.8. The lowest BCUT2D eigenvalue weighted by atomic mass is 10.1. The highest BCUT2D eigenvalue weighted by atomic mass is 15.2. The topological polar surface area (TPSA) is 6.48 Å². The van der Waals surface area contributed by atoms with Crippen molar-refractivity contribution in [3.05, 3.63) is 194 Å². The average Bonchev–Trinajstić information content (AvgIpc) is 3.10. The number of aryl methyl sites for hydroxylation is 2. The molecule has 2 nitrogen and oxygen atoms in total. The van der Waals surface area contributed by atoms with E-state index in [1.807, 2.05) is 24.3 Å². The molecule has 0 aliphatic carbocycles. The first kappa shape index (κ1) is 32.1. The minimum atomic E-state index is 1.04. The minimum absolute atomic E-state index is 1.04. The molecule has 2 heteroatoms. The Bertz CT molecular complexity index is 1590. The van der Waals surface area contributed by atoms with Crippen LogP contribution in [0.15, 0.2) is 183 Å². The fourth-order valence-corrected chi connectivity index (χ4v) is 5.73. The van der Waals surface area contributed by atoms with Crippen LogP contribution in [0.4, 0.5) is 34.1 Å². The number of unbranched alkanes of at least 4 members (excludes halogenated alkanes) is 2. The maximum absolute atomic E-state index is 3.77. The second-order valence-corrected chi connectivity index (χ2v) is 11.3. The molecule has 0 atom stereocenters. The summed E-state index contributed by atoms with van der Waals surface area (Å²) in [5, 5.41) is 0. The highest BCUT2D eigenvalue weighted by Crippen LogP contribution is 2.39. The summed E-state index contributed by atoms with van der Waals surface area (Å²) in [7, 11) is 0. The van der Waals surface area contributed by atoms with Crippen LogP contribution < -0.4 is 9.80 Å². The van der Waals surface area contributed by atoms with Crippen molar-refractivity contribution in [2.75, 3.05) is 9.80 Å². The van der Waals surface area contributed by atoms with Gasteiger partial charge in [-0.2, -0.15) is 0 Å². The van der Waals surface area contributed by atoms with Gasteiger partial charge < -0.3 is 9.80 Å². The Balaban J connectivity index is 1.45. The van der Waals surface area contributed by atoms with E-state index in [0.29, 0.717) is 0 Å². The molecule has 5 aromatic carbocycles. The molecule has 0 unspecified atom stereocenters. The number of anilines is 6. The van der Waals surface area contributed by atoms with Crippen molar-refractivity contribution >= 4 is 34.1 Å². The Morgan fingerprint density at radius 3 is 1.17 bits per heavy atom. The molecule has 0 fully saturated rings. The zero-order chi connectivity index (χ0) is 31.8. The summed E-state index contributed by atoms with van der Waals surface area (Å²) in [5.74, 6) is 0. The summed E-state index contributed by atoms with van der Waals surface area (Å²) in [6.07, 6.45) is 18.5. The van der Waals surface area contributed by atoms with Gasteiger partial charge in [0.25, 0.3) is 0 Å². The molecule has 0 radical (unpaired) electrons. The Morgan fingerprint density at radius 1 is 0.413 bits per heavy atom. The molecule has 0 heterocycles. The zero-order valence-corrected chi connectivity index (χ0v) is 26.7. The van der Waals surface area contributed by atoms with Gasteiger partial charge in [-0.1, -0.05) is 110 Å². The number of rotatable bonds is 16. The third-order valence-corrected chi connectivity index (χ3v) is 7.95. The maximum atomic E-state index is 3.77. The molecule has 0 saturated carbocycles. The van der Waals surface area contributed by atoms with Crippen LogP contribution in [0.1, 0.15) is 36.8 Å². The second kappa shape index (κ2) is 17.2. The highest BCUT2D eigenvalue weighted by molar-refractivity contribution is 5.81. The summed E-state index contributed by atoms with van der Waals surface area (Å²) in [6.45, 7) is 7.54. The number of para-hydroxylation sites is 2. The molecular weight excluding hydrogens is 556 g/mol. The third-order valence-electron chi connectivity index (χ3n) is 7.95. The van der Waals surface area contributed by atoms with E-state index >= 15 is 0 Å². The molecule has 5 rings (SSSR count). The molecular formula is C44H44N2. The van der Waals surface area contributed by atoms with Crippen molar-refractivity contribution in [3.63, 3.8) is 0 Å². The Hall–Kier alpha value is -5.34. The first-order chi connectivity index (χ1) is 22.8.